The van der Waals surface area contributed by atoms with Gasteiger partial charge in [0.2, 0.25) is 9.84 Å². The molecule has 2 fully saturated rings. The summed E-state index contributed by atoms with van der Waals surface area (Å²) in [5.74, 6) is 1.22. The molecule has 0 aromatic heterocycles. The highest BCUT2D eigenvalue weighted by Crippen LogP contribution is 2.45. The Morgan fingerprint density at radius 2 is 1.16 bits per heavy atom. The van der Waals surface area contributed by atoms with Crippen molar-refractivity contribution < 1.29 is 17.9 Å². The third kappa shape index (κ3) is 4.31. The van der Waals surface area contributed by atoms with E-state index in [0.717, 1.165) is 37.1 Å². The summed E-state index contributed by atoms with van der Waals surface area (Å²) in [5, 5.41) is 0. The number of sulfone groups is 1. The summed E-state index contributed by atoms with van der Waals surface area (Å²) in [6, 6.07) is 10.8. The molecule has 0 spiro atoms. The largest absolute Gasteiger partial charge is 0.494 e. The first kappa shape index (κ1) is 20.8. The molecule has 0 radical (unpaired) electrons. The lowest BCUT2D eigenvalue weighted by Gasteiger charge is -2.30. The standard InChI is InChI=1S/C24H30N2O4S/c27-31(28)23-17-19(29-15-3-13-25-9-1-10-25)5-7-21(23)22-8-6-20(18-24(22)31)30-16-4-14-26-11-2-12-26/h5-8,17-18H,1-4,9-16H2. The van der Waals surface area contributed by atoms with Crippen molar-refractivity contribution >= 4 is 9.84 Å². The molecule has 7 heteroatoms. The average molecular weight is 443 g/mol. The van der Waals surface area contributed by atoms with Crippen LogP contribution in [0.15, 0.2) is 46.2 Å². The summed E-state index contributed by atoms with van der Waals surface area (Å²) in [7, 11) is -3.56. The molecule has 2 aromatic carbocycles. The normalized spacial score (nSPS) is 19.2. The van der Waals surface area contributed by atoms with E-state index in [4.69, 9.17) is 9.47 Å². The molecule has 0 atom stereocenters. The summed E-state index contributed by atoms with van der Waals surface area (Å²) < 4.78 is 38.1. The van der Waals surface area contributed by atoms with Gasteiger partial charge in [-0.2, -0.15) is 0 Å². The second-order valence-electron chi connectivity index (χ2n) is 8.61. The van der Waals surface area contributed by atoms with E-state index in [-0.39, 0.29) is 0 Å². The average Bonchev–Trinajstić information content (AvgIpc) is 2.92. The fraction of sp³-hybridized carbons (Fsp3) is 0.500. The Kier molecular flexibility index (Phi) is 5.91. The van der Waals surface area contributed by atoms with Gasteiger partial charge in [0, 0.05) is 24.2 Å². The second kappa shape index (κ2) is 8.81. The Labute approximate surface area is 184 Å². The molecule has 0 aliphatic carbocycles. The van der Waals surface area contributed by atoms with Crippen molar-refractivity contribution in [2.45, 2.75) is 35.5 Å². The van der Waals surface area contributed by atoms with E-state index < -0.39 is 9.84 Å². The van der Waals surface area contributed by atoms with Crippen molar-refractivity contribution in [3.63, 3.8) is 0 Å². The van der Waals surface area contributed by atoms with Crippen molar-refractivity contribution in [2.75, 3.05) is 52.5 Å². The fourth-order valence-electron chi connectivity index (χ4n) is 4.36. The lowest BCUT2D eigenvalue weighted by molar-refractivity contribution is 0.165. The van der Waals surface area contributed by atoms with E-state index in [1.807, 2.05) is 24.3 Å². The number of likely N-dealkylation sites (tertiary alicyclic amines) is 2. The third-order valence-corrected chi connectivity index (χ3v) is 8.28. The van der Waals surface area contributed by atoms with E-state index in [9.17, 15) is 8.42 Å². The molecule has 31 heavy (non-hydrogen) atoms. The maximum Gasteiger partial charge on any atom is 0.208 e. The zero-order valence-electron chi connectivity index (χ0n) is 17.9. The zero-order valence-corrected chi connectivity index (χ0v) is 18.7. The SMILES string of the molecule is O=S1(=O)c2cc(OCCCN3CCC3)ccc2-c2ccc(OCCCN3CCC3)cc21. The highest BCUT2D eigenvalue weighted by atomic mass is 32.2. The topological polar surface area (TPSA) is 59.1 Å². The van der Waals surface area contributed by atoms with Gasteiger partial charge in [-0.05, 0) is 88.3 Å². The van der Waals surface area contributed by atoms with Gasteiger partial charge in [-0.15, -0.1) is 0 Å². The lowest BCUT2D eigenvalue weighted by atomic mass is 10.1. The molecule has 6 nitrogen and oxygen atoms in total. The van der Waals surface area contributed by atoms with Crippen LogP contribution in [-0.2, 0) is 9.84 Å². The highest BCUT2D eigenvalue weighted by Gasteiger charge is 2.33. The molecule has 0 N–H and O–H groups in total. The van der Waals surface area contributed by atoms with Gasteiger partial charge in [-0.25, -0.2) is 8.42 Å². The molecule has 0 amide bonds. The van der Waals surface area contributed by atoms with Crippen LogP contribution >= 0.6 is 0 Å². The van der Waals surface area contributed by atoms with Crippen molar-refractivity contribution in [1.82, 2.24) is 9.80 Å². The van der Waals surface area contributed by atoms with Crippen LogP contribution < -0.4 is 9.47 Å². The molecule has 3 aliphatic rings. The maximum absolute atomic E-state index is 13.2. The van der Waals surface area contributed by atoms with Crippen LogP contribution in [0.4, 0.5) is 0 Å². The first-order valence-electron chi connectivity index (χ1n) is 11.4. The van der Waals surface area contributed by atoms with Gasteiger partial charge in [0.1, 0.15) is 11.5 Å². The summed E-state index contributed by atoms with van der Waals surface area (Å²) in [5.41, 5.74) is 1.49. The molecule has 0 unspecified atom stereocenters. The molecule has 5 rings (SSSR count). The first-order chi connectivity index (χ1) is 15.1. The van der Waals surface area contributed by atoms with Crippen LogP contribution in [0.5, 0.6) is 11.5 Å². The maximum atomic E-state index is 13.2. The Balaban J connectivity index is 1.23. The van der Waals surface area contributed by atoms with Crippen molar-refractivity contribution in [1.29, 1.82) is 0 Å². The summed E-state index contributed by atoms with van der Waals surface area (Å²) in [4.78, 5) is 5.46. The van der Waals surface area contributed by atoms with Gasteiger partial charge < -0.3 is 19.3 Å². The smallest absolute Gasteiger partial charge is 0.208 e. The number of ether oxygens (including phenoxy) is 2. The number of rotatable bonds is 10. The van der Waals surface area contributed by atoms with E-state index >= 15 is 0 Å². The van der Waals surface area contributed by atoms with E-state index in [2.05, 4.69) is 9.80 Å². The molecule has 0 saturated carbocycles. The number of hydrogen-bond acceptors (Lipinski definition) is 6. The summed E-state index contributed by atoms with van der Waals surface area (Å²) >= 11 is 0. The third-order valence-electron chi connectivity index (χ3n) is 6.45. The Morgan fingerprint density at radius 3 is 1.55 bits per heavy atom. The predicted octanol–water partition coefficient (Wildman–Crippen LogP) is 3.45. The molecule has 0 bridgehead atoms. The van der Waals surface area contributed by atoms with Crippen molar-refractivity contribution in [3.05, 3.63) is 36.4 Å². The Hall–Kier alpha value is -2.09. The van der Waals surface area contributed by atoms with Crippen LogP contribution in [0.2, 0.25) is 0 Å². The molecule has 3 heterocycles. The number of benzene rings is 2. The number of fused-ring (bicyclic) bond motifs is 3. The van der Waals surface area contributed by atoms with E-state index in [1.165, 1.54) is 39.0 Å². The predicted molar refractivity (Wildman–Crippen MR) is 120 cm³/mol. The van der Waals surface area contributed by atoms with Crippen LogP contribution in [0.1, 0.15) is 25.7 Å². The van der Waals surface area contributed by atoms with Gasteiger partial charge in [-0.3, -0.25) is 0 Å². The molecule has 2 aromatic rings. The minimum absolute atomic E-state index is 0.331. The molecular formula is C24H30N2O4S. The van der Waals surface area contributed by atoms with Crippen LogP contribution in [-0.4, -0.2) is 70.7 Å². The molecule has 2 saturated heterocycles. The number of nitrogens with zero attached hydrogens (tertiary/aromatic N) is 2. The summed E-state index contributed by atoms with van der Waals surface area (Å²) in [6.45, 7) is 7.98. The van der Waals surface area contributed by atoms with Gasteiger partial charge in [0.05, 0.1) is 23.0 Å². The summed E-state index contributed by atoms with van der Waals surface area (Å²) in [6.07, 6.45) is 4.47. The monoisotopic (exact) mass is 442 g/mol. The van der Waals surface area contributed by atoms with Crippen LogP contribution in [0.3, 0.4) is 0 Å². The molecular weight excluding hydrogens is 412 g/mol. The van der Waals surface area contributed by atoms with Crippen LogP contribution in [0, 0.1) is 0 Å². The highest BCUT2D eigenvalue weighted by molar-refractivity contribution is 7.92. The van der Waals surface area contributed by atoms with E-state index in [1.54, 1.807) is 12.1 Å². The van der Waals surface area contributed by atoms with Gasteiger partial charge in [0.15, 0.2) is 0 Å². The van der Waals surface area contributed by atoms with Crippen LogP contribution in [0.25, 0.3) is 11.1 Å². The fourth-order valence-corrected chi connectivity index (χ4v) is 6.07. The van der Waals surface area contributed by atoms with Crippen molar-refractivity contribution in [3.8, 4) is 22.6 Å². The minimum atomic E-state index is -3.56. The quantitative estimate of drug-likeness (QED) is 0.448. The Bertz CT molecular complexity index is 968. The van der Waals surface area contributed by atoms with Crippen molar-refractivity contribution in [2.24, 2.45) is 0 Å². The van der Waals surface area contributed by atoms with Gasteiger partial charge >= 0.3 is 0 Å². The number of hydrogen-bond donors (Lipinski definition) is 0. The molecule has 3 aliphatic heterocycles. The Morgan fingerprint density at radius 1 is 0.710 bits per heavy atom. The van der Waals surface area contributed by atoms with Gasteiger partial charge in [-0.1, -0.05) is 0 Å². The zero-order chi connectivity index (χ0) is 21.3. The van der Waals surface area contributed by atoms with E-state index in [0.29, 0.717) is 34.5 Å². The minimum Gasteiger partial charge on any atom is -0.494 e. The second-order valence-corrected chi connectivity index (χ2v) is 10.5. The lowest BCUT2D eigenvalue weighted by Crippen LogP contribution is -2.38. The molecule has 166 valence electrons. The van der Waals surface area contributed by atoms with Gasteiger partial charge in [0.25, 0.3) is 0 Å². The first-order valence-corrected chi connectivity index (χ1v) is 12.8.